The average Bonchev–Trinajstić information content (AvgIpc) is 2.53. The van der Waals surface area contributed by atoms with Crippen LogP contribution in [0.5, 0.6) is 5.75 Å². The zero-order valence-electron chi connectivity index (χ0n) is 13.0. The van der Waals surface area contributed by atoms with Crippen LogP contribution in [0.15, 0.2) is 18.2 Å². The first-order chi connectivity index (χ1) is 10.7. The molecule has 0 aromatic heterocycles. The second-order valence-electron chi connectivity index (χ2n) is 5.63. The van der Waals surface area contributed by atoms with Crippen molar-refractivity contribution in [3.63, 3.8) is 0 Å². The van der Waals surface area contributed by atoms with Crippen molar-refractivity contribution < 1.29 is 9.53 Å². The highest BCUT2D eigenvalue weighted by Crippen LogP contribution is 2.25. The number of hydrogen-bond donors (Lipinski definition) is 1. The third-order valence-corrected chi connectivity index (χ3v) is 4.01. The van der Waals surface area contributed by atoms with Crippen LogP contribution in [0, 0.1) is 11.3 Å². The number of hydrogen-bond acceptors (Lipinski definition) is 4. The molecule has 0 saturated carbocycles. The molecule has 1 heterocycles. The minimum absolute atomic E-state index is 0.0840. The van der Waals surface area contributed by atoms with Crippen LogP contribution in [0.1, 0.15) is 44.6 Å². The minimum atomic E-state index is 0.0840. The summed E-state index contributed by atoms with van der Waals surface area (Å²) in [6, 6.07) is 7.36. The fourth-order valence-corrected chi connectivity index (χ4v) is 2.83. The molecular formula is C17H23N3O2. The molecule has 1 atom stereocenters. The van der Waals surface area contributed by atoms with Crippen molar-refractivity contribution in [1.82, 2.24) is 4.90 Å². The van der Waals surface area contributed by atoms with Crippen LogP contribution in [-0.2, 0) is 4.79 Å². The molecule has 1 fully saturated rings. The van der Waals surface area contributed by atoms with Crippen molar-refractivity contribution in [3.8, 4) is 11.8 Å². The maximum absolute atomic E-state index is 12.2. The molecule has 1 aromatic carbocycles. The lowest BCUT2D eigenvalue weighted by Crippen LogP contribution is -2.46. The molecule has 0 spiro atoms. The van der Waals surface area contributed by atoms with Gasteiger partial charge in [0.2, 0.25) is 5.91 Å². The summed E-state index contributed by atoms with van der Waals surface area (Å²) in [4.78, 5) is 14.1. The Kier molecular flexibility index (Phi) is 5.65. The number of nitrogens with two attached hydrogens (primary N) is 1. The normalized spacial score (nSPS) is 17.8. The minimum Gasteiger partial charge on any atom is -0.490 e. The quantitative estimate of drug-likeness (QED) is 0.848. The van der Waals surface area contributed by atoms with Gasteiger partial charge in [-0.1, -0.05) is 13.0 Å². The standard InChI is InChI=1S/C17H23N3O2/c1-2-6-17(21)20-10-4-3-7-13(20)12-22-16-9-5-8-15(19)14(16)11-18/h5,8-9,13H,2-4,6-7,10,12,19H2,1H3. The Balaban J connectivity index is 2.04. The molecule has 1 aliphatic rings. The number of ether oxygens (including phenoxy) is 1. The highest BCUT2D eigenvalue weighted by Gasteiger charge is 2.26. The fraction of sp³-hybridized carbons (Fsp3) is 0.529. The van der Waals surface area contributed by atoms with E-state index in [1.54, 1.807) is 18.2 Å². The summed E-state index contributed by atoms with van der Waals surface area (Å²) >= 11 is 0. The Labute approximate surface area is 131 Å². The Morgan fingerprint density at radius 2 is 2.32 bits per heavy atom. The Bertz CT molecular complexity index is 566. The number of likely N-dealkylation sites (tertiary alicyclic amines) is 1. The number of nitrogens with zero attached hydrogens (tertiary/aromatic N) is 2. The molecule has 2 rings (SSSR count). The summed E-state index contributed by atoms with van der Waals surface area (Å²) in [5.41, 5.74) is 6.57. The molecule has 0 aliphatic carbocycles. The van der Waals surface area contributed by atoms with Gasteiger partial charge in [-0.2, -0.15) is 5.26 Å². The molecule has 0 bridgehead atoms. The first-order valence-corrected chi connectivity index (χ1v) is 7.88. The third kappa shape index (κ3) is 3.70. The molecule has 2 N–H and O–H groups in total. The van der Waals surface area contributed by atoms with E-state index in [9.17, 15) is 10.1 Å². The summed E-state index contributed by atoms with van der Waals surface area (Å²) in [6.45, 7) is 3.22. The van der Waals surface area contributed by atoms with Crippen LogP contribution < -0.4 is 10.5 Å². The lowest BCUT2D eigenvalue weighted by Gasteiger charge is -2.35. The van der Waals surface area contributed by atoms with E-state index in [2.05, 4.69) is 6.07 Å². The van der Waals surface area contributed by atoms with E-state index in [-0.39, 0.29) is 11.9 Å². The van der Waals surface area contributed by atoms with Gasteiger partial charge in [0, 0.05) is 13.0 Å². The van der Waals surface area contributed by atoms with E-state index in [1.807, 2.05) is 11.8 Å². The van der Waals surface area contributed by atoms with Crippen LogP contribution in [-0.4, -0.2) is 30.0 Å². The van der Waals surface area contributed by atoms with Gasteiger partial charge < -0.3 is 15.4 Å². The van der Waals surface area contributed by atoms with E-state index in [1.165, 1.54) is 0 Å². The number of amides is 1. The smallest absolute Gasteiger partial charge is 0.222 e. The first-order valence-electron chi connectivity index (χ1n) is 7.88. The predicted molar refractivity (Wildman–Crippen MR) is 85.3 cm³/mol. The number of piperidine rings is 1. The number of carbonyl (C=O) groups excluding carboxylic acids is 1. The molecule has 5 nitrogen and oxygen atoms in total. The van der Waals surface area contributed by atoms with Gasteiger partial charge in [-0.15, -0.1) is 0 Å². The number of nitriles is 1. The lowest BCUT2D eigenvalue weighted by atomic mass is 10.0. The second kappa shape index (κ2) is 7.69. The van der Waals surface area contributed by atoms with Crippen LogP contribution in [0.4, 0.5) is 5.69 Å². The summed E-state index contributed by atoms with van der Waals surface area (Å²) in [5, 5.41) is 9.17. The van der Waals surface area contributed by atoms with Crippen LogP contribution in [0.25, 0.3) is 0 Å². The number of anilines is 1. The van der Waals surface area contributed by atoms with Crippen molar-refractivity contribution in [3.05, 3.63) is 23.8 Å². The van der Waals surface area contributed by atoms with Crippen molar-refractivity contribution in [2.24, 2.45) is 0 Å². The topological polar surface area (TPSA) is 79.3 Å². The first kappa shape index (κ1) is 16.2. The number of rotatable bonds is 5. The fourth-order valence-electron chi connectivity index (χ4n) is 2.83. The second-order valence-corrected chi connectivity index (χ2v) is 5.63. The van der Waals surface area contributed by atoms with Crippen LogP contribution >= 0.6 is 0 Å². The largest absolute Gasteiger partial charge is 0.490 e. The third-order valence-electron chi connectivity index (χ3n) is 4.01. The van der Waals surface area contributed by atoms with Crippen LogP contribution in [0.3, 0.4) is 0 Å². The van der Waals surface area contributed by atoms with Gasteiger partial charge in [0.15, 0.2) is 0 Å². The zero-order chi connectivity index (χ0) is 15.9. The van der Waals surface area contributed by atoms with E-state index in [4.69, 9.17) is 10.5 Å². The van der Waals surface area contributed by atoms with Gasteiger partial charge in [-0.25, -0.2) is 0 Å². The van der Waals surface area contributed by atoms with E-state index >= 15 is 0 Å². The molecule has 1 amide bonds. The summed E-state index contributed by atoms with van der Waals surface area (Å²) < 4.78 is 5.81. The lowest BCUT2D eigenvalue weighted by molar-refractivity contribution is -0.135. The van der Waals surface area contributed by atoms with Crippen molar-refractivity contribution in [2.75, 3.05) is 18.9 Å². The maximum Gasteiger partial charge on any atom is 0.222 e. The molecule has 1 saturated heterocycles. The predicted octanol–water partition coefficient (Wildman–Crippen LogP) is 2.70. The maximum atomic E-state index is 12.2. The molecular weight excluding hydrogens is 278 g/mol. The van der Waals surface area contributed by atoms with Gasteiger partial charge in [-0.3, -0.25) is 4.79 Å². The highest BCUT2D eigenvalue weighted by atomic mass is 16.5. The molecule has 118 valence electrons. The van der Waals surface area contributed by atoms with Gasteiger partial charge in [-0.05, 0) is 37.8 Å². The number of carbonyl (C=O) groups is 1. The Hall–Kier alpha value is -2.22. The Morgan fingerprint density at radius 3 is 3.05 bits per heavy atom. The molecule has 1 aromatic rings. The van der Waals surface area contributed by atoms with Gasteiger partial charge in [0.05, 0.1) is 11.7 Å². The highest BCUT2D eigenvalue weighted by molar-refractivity contribution is 5.76. The van der Waals surface area contributed by atoms with Crippen LogP contribution in [0.2, 0.25) is 0 Å². The summed E-state index contributed by atoms with van der Waals surface area (Å²) in [5.74, 6) is 0.694. The summed E-state index contributed by atoms with van der Waals surface area (Å²) in [6.07, 6.45) is 4.54. The van der Waals surface area contributed by atoms with Gasteiger partial charge in [0.25, 0.3) is 0 Å². The molecule has 5 heteroatoms. The zero-order valence-corrected chi connectivity index (χ0v) is 13.0. The summed E-state index contributed by atoms with van der Waals surface area (Å²) in [7, 11) is 0. The van der Waals surface area contributed by atoms with Crippen molar-refractivity contribution in [2.45, 2.75) is 45.1 Å². The number of nitrogen functional groups attached to an aromatic ring is 1. The Morgan fingerprint density at radius 1 is 1.50 bits per heavy atom. The monoisotopic (exact) mass is 301 g/mol. The number of benzene rings is 1. The van der Waals surface area contributed by atoms with Crippen molar-refractivity contribution >= 4 is 11.6 Å². The van der Waals surface area contributed by atoms with E-state index < -0.39 is 0 Å². The SMILES string of the molecule is CCCC(=O)N1CCCCC1COc1cccc(N)c1C#N. The molecule has 22 heavy (non-hydrogen) atoms. The average molecular weight is 301 g/mol. The van der Waals surface area contributed by atoms with Gasteiger partial charge >= 0.3 is 0 Å². The van der Waals surface area contributed by atoms with E-state index in [0.29, 0.717) is 30.0 Å². The molecule has 1 unspecified atom stereocenters. The van der Waals surface area contributed by atoms with Gasteiger partial charge in [0.1, 0.15) is 24.0 Å². The van der Waals surface area contributed by atoms with Crippen molar-refractivity contribution in [1.29, 1.82) is 5.26 Å². The molecule has 1 aliphatic heterocycles. The molecule has 0 radical (unpaired) electrons. The van der Waals surface area contributed by atoms with E-state index in [0.717, 1.165) is 32.2 Å².